The van der Waals surface area contributed by atoms with E-state index in [1.165, 1.54) is 0 Å². The molecule has 54 valence electrons. The fraction of sp³-hybridized carbons (Fsp3) is 0.833. The Morgan fingerprint density at radius 3 is 2.44 bits per heavy atom. The van der Waals surface area contributed by atoms with Crippen molar-refractivity contribution in [2.24, 2.45) is 4.99 Å². The molecular weight excluding hydrogens is 136 g/mol. The van der Waals surface area contributed by atoms with Crippen molar-refractivity contribution < 1.29 is 17.7 Å². The van der Waals surface area contributed by atoms with Crippen molar-refractivity contribution in [3.63, 3.8) is 0 Å². The number of hydrogen-bond acceptors (Lipinski definition) is 1. The summed E-state index contributed by atoms with van der Waals surface area (Å²) in [4.78, 5) is 4.17. The van der Waals surface area contributed by atoms with Gasteiger partial charge in [-0.1, -0.05) is 0 Å². The SMILES string of the molecule is CC1(C)CN=CC[NH2+]1.[Cl-]. The maximum Gasteiger partial charge on any atom is 0.112 e. The molecule has 9 heavy (non-hydrogen) atoms. The number of hydrogen-bond donors (Lipinski definition) is 1. The van der Waals surface area contributed by atoms with Gasteiger partial charge in [-0.15, -0.1) is 0 Å². The van der Waals surface area contributed by atoms with E-state index in [0.29, 0.717) is 5.54 Å². The maximum atomic E-state index is 4.17. The van der Waals surface area contributed by atoms with Crippen molar-refractivity contribution in [1.82, 2.24) is 0 Å². The van der Waals surface area contributed by atoms with Crippen molar-refractivity contribution in [3.8, 4) is 0 Å². The van der Waals surface area contributed by atoms with Crippen molar-refractivity contribution in [2.75, 3.05) is 13.1 Å². The third-order valence-electron chi connectivity index (χ3n) is 1.40. The highest BCUT2D eigenvalue weighted by Crippen LogP contribution is 1.95. The van der Waals surface area contributed by atoms with Gasteiger partial charge in [-0.2, -0.15) is 0 Å². The average Bonchev–Trinajstić information content (AvgIpc) is 1.65. The highest BCUT2D eigenvalue weighted by molar-refractivity contribution is 5.58. The van der Waals surface area contributed by atoms with Gasteiger partial charge >= 0.3 is 0 Å². The van der Waals surface area contributed by atoms with E-state index in [9.17, 15) is 0 Å². The zero-order valence-electron chi connectivity index (χ0n) is 5.89. The molecule has 3 heteroatoms. The Bertz CT molecular complexity index is 110. The largest absolute Gasteiger partial charge is 1.00 e. The van der Waals surface area contributed by atoms with Crippen LogP contribution < -0.4 is 17.7 Å². The van der Waals surface area contributed by atoms with Gasteiger partial charge in [-0.25, -0.2) is 0 Å². The molecule has 1 heterocycles. The number of rotatable bonds is 0. The predicted octanol–water partition coefficient (Wildman–Crippen LogP) is -3.58. The van der Waals surface area contributed by atoms with Crippen LogP contribution in [-0.2, 0) is 0 Å². The van der Waals surface area contributed by atoms with Crippen LogP contribution in [0.4, 0.5) is 0 Å². The van der Waals surface area contributed by atoms with Gasteiger partial charge in [0.25, 0.3) is 0 Å². The third-order valence-corrected chi connectivity index (χ3v) is 1.40. The summed E-state index contributed by atoms with van der Waals surface area (Å²) in [5, 5.41) is 2.31. The number of quaternary nitrogens is 1. The summed E-state index contributed by atoms with van der Waals surface area (Å²) in [5.41, 5.74) is 0.356. The Morgan fingerprint density at radius 1 is 1.56 bits per heavy atom. The molecule has 0 saturated carbocycles. The van der Waals surface area contributed by atoms with Crippen molar-refractivity contribution >= 4 is 6.21 Å². The Hall–Kier alpha value is -0.0800. The van der Waals surface area contributed by atoms with Crippen LogP contribution in [-0.4, -0.2) is 24.8 Å². The Balaban J connectivity index is 0.000000640. The first kappa shape index (κ1) is 8.92. The molecule has 0 atom stereocenters. The average molecular weight is 149 g/mol. The van der Waals surface area contributed by atoms with Crippen LogP contribution in [0.3, 0.4) is 0 Å². The highest BCUT2D eigenvalue weighted by atomic mass is 35.5. The molecule has 0 fully saturated rings. The van der Waals surface area contributed by atoms with Crippen LogP contribution in [0.25, 0.3) is 0 Å². The smallest absolute Gasteiger partial charge is 0.112 e. The zero-order chi connectivity index (χ0) is 6.04. The minimum atomic E-state index is 0. The van der Waals surface area contributed by atoms with Gasteiger partial charge < -0.3 is 17.7 Å². The summed E-state index contributed by atoms with van der Waals surface area (Å²) in [7, 11) is 0. The lowest BCUT2D eigenvalue weighted by Gasteiger charge is -2.22. The number of nitrogens with two attached hydrogens (primary N) is 1. The molecule has 0 unspecified atom stereocenters. The second-order valence-electron chi connectivity index (χ2n) is 2.95. The molecule has 2 nitrogen and oxygen atoms in total. The molecule has 1 aliphatic heterocycles. The van der Waals surface area contributed by atoms with Crippen LogP contribution in [0.5, 0.6) is 0 Å². The standard InChI is InChI=1S/C6H12N2.ClH/c1-6(2)5-7-3-4-8-6;/h3,8H,4-5H2,1-2H3;1H. The molecule has 0 saturated heterocycles. The molecule has 0 aromatic rings. The molecule has 0 spiro atoms. The van der Waals surface area contributed by atoms with Crippen LogP contribution in [0.2, 0.25) is 0 Å². The molecule has 0 aromatic heterocycles. The van der Waals surface area contributed by atoms with Crippen molar-refractivity contribution in [2.45, 2.75) is 19.4 Å². The Labute approximate surface area is 62.2 Å². The van der Waals surface area contributed by atoms with Gasteiger partial charge in [0, 0.05) is 0 Å². The predicted molar refractivity (Wildman–Crippen MR) is 34.2 cm³/mol. The normalized spacial score (nSPS) is 22.9. The fourth-order valence-electron chi connectivity index (χ4n) is 0.811. The third kappa shape index (κ3) is 2.82. The molecule has 1 rings (SSSR count). The second kappa shape index (κ2) is 3.18. The number of halogens is 1. The van der Waals surface area contributed by atoms with E-state index in [1.807, 2.05) is 6.21 Å². The molecule has 0 aromatic carbocycles. The van der Waals surface area contributed by atoms with Crippen LogP contribution in [0.1, 0.15) is 13.8 Å². The van der Waals surface area contributed by atoms with Gasteiger partial charge in [-0.05, 0) is 13.8 Å². The number of aliphatic imine (C=N–C) groups is 1. The maximum absolute atomic E-state index is 4.17. The molecule has 0 bridgehead atoms. The Kier molecular flexibility index (Phi) is 3.15. The number of nitrogens with zero attached hydrogens (tertiary/aromatic N) is 1. The van der Waals surface area contributed by atoms with E-state index in [1.54, 1.807) is 0 Å². The lowest BCUT2D eigenvalue weighted by Crippen LogP contribution is -3.00. The van der Waals surface area contributed by atoms with E-state index >= 15 is 0 Å². The first-order valence-electron chi connectivity index (χ1n) is 3.03. The molecule has 0 amide bonds. The fourth-order valence-corrected chi connectivity index (χ4v) is 0.811. The van der Waals surface area contributed by atoms with Gasteiger partial charge in [0.05, 0.1) is 12.8 Å². The van der Waals surface area contributed by atoms with E-state index in [2.05, 4.69) is 24.2 Å². The Morgan fingerprint density at radius 2 is 2.22 bits per heavy atom. The zero-order valence-corrected chi connectivity index (χ0v) is 6.65. The molecule has 0 radical (unpaired) electrons. The molecule has 1 aliphatic rings. The summed E-state index contributed by atoms with van der Waals surface area (Å²) < 4.78 is 0. The first-order chi connectivity index (χ1) is 3.71. The van der Waals surface area contributed by atoms with E-state index < -0.39 is 0 Å². The first-order valence-corrected chi connectivity index (χ1v) is 3.03. The lowest BCUT2D eigenvalue weighted by atomic mass is 10.1. The summed E-state index contributed by atoms with van der Waals surface area (Å²) in [5.74, 6) is 0. The summed E-state index contributed by atoms with van der Waals surface area (Å²) >= 11 is 0. The van der Waals surface area contributed by atoms with Gasteiger partial charge in [-0.3, -0.25) is 4.99 Å². The van der Waals surface area contributed by atoms with Gasteiger partial charge in [0.2, 0.25) is 0 Å². The second-order valence-corrected chi connectivity index (χ2v) is 2.95. The summed E-state index contributed by atoms with van der Waals surface area (Å²) in [6.45, 7) is 6.44. The molecular formula is C6H13ClN2. The van der Waals surface area contributed by atoms with Gasteiger partial charge in [0.1, 0.15) is 12.1 Å². The van der Waals surface area contributed by atoms with E-state index in [0.717, 1.165) is 13.1 Å². The lowest BCUT2D eigenvalue weighted by molar-refractivity contribution is -0.708. The van der Waals surface area contributed by atoms with Crippen molar-refractivity contribution in [3.05, 3.63) is 0 Å². The quantitative estimate of drug-likeness (QED) is 0.368. The summed E-state index contributed by atoms with van der Waals surface area (Å²) in [6.07, 6.45) is 1.98. The van der Waals surface area contributed by atoms with Crippen LogP contribution in [0, 0.1) is 0 Å². The minimum Gasteiger partial charge on any atom is -1.00 e. The monoisotopic (exact) mass is 148 g/mol. The van der Waals surface area contributed by atoms with E-state index in [-0.39, 0.29) is 12.4 Å². The van der Waals surface area contributed by atoms with Crippen LogP contribution >= 0.6 is 0 Å². The van der Waals surface area contributed by atoms with E-state index in [4.69, 9.17) is 0 Å². The molecule has 0 aliphatic carbocycles. The topological polar surface area (TPSA) is 29.0 Å². The minimum absolute atomic E-state index is 0. The van der Waals surface area contributed by atoms with Crippen molar-refractivity contribution in [1.29, 1.82) is 0 Å². The van der Waals surface area contributed by atoms with Crippen LogP contribution in [0.15, 0.2) is 4.99 Å². The van der Waals surface area contributed by atoms with Gasteiger partial charge in [0.15, 0.2) is 0 Å². The summed E-state index contributed by atoms with van der Waals surface area (Å²) in [6, 6.07) is 0. The molecule has 2 N–H and O–H groups in total. The highest BCUT2D eigenvalue weighted by Gasteiger charge is 2.21.